The number of carbonyl (C=O) groups excluding carboxylic acids is 1. The average molecular weight is 250 g/mol. The van der Waals surface area contributed by atoms with Crippen LogP contribution < -0.4 is 0 Å². The van der Waals surface area contributed by atoms with Crippen molar-refractivity contribution in [3.63, 3.8) is 0 Å². The van der Waals surface area contributed by atoms with Crippen LogP contribution in [-0.2, 0) is 4.74 Å². The van der Waals surface area contributed by atoms with Crippen LogP contribution in [0.4, 0.5) is 4.39 Å². The van der Waals surface area contributed by atoms with Gasteiger partial charge < -0.3 is 4.74 Å². The molecule has 0 aliphatic heterocycles. The number of halogens is 1. The third kappa shape index (κ3) is 3.39. The summed E-state index contributed by atoms with van der Waals surface area (Å²) in [6, 6.07) is 6.05. The Bertz CT molecular complexity index is 409. The fraction of sp³-hybridized carbons (Fsp3) is 0.533. The fourth-order valence-electron chi connectivity index (χ4n) is 2.35. The molecule has 1 aromatic carbocycles. The lowest BCUT2D eigenvalue weighted by Crippen LogP contribution is -2.23. The van der Waals surface area contributed by atoms with Gasteiger partial charge in [-0.3, -0.25) is 4.79 Å². The molecule has 1 aliphatic carbocycles. The van der Waals surface area contributed by atoms with E-state index in [0.29, 0.717) is 0 Å². The van der Waals surface area contributed by atoms with Gasteiger partial charge in [-0.2, -0.15) is 0 Å². The second-order valence-electron chi connectivity index (χ2n) is 5.10. The zero-order valence-electron chi connectivity index (χ0n) is 10.7. The van der Waals surface area contributed by atoms with Crippen LogP contribution in [0.2, 0.25) is 0 Å². The van der Waals surface area contributed by atoms with Crippen molar-refractivity contribution in [3.05, 3.63) is 35.6 Å². The lowest BCUT2D eigenvalue weighted by Gasteiger charge is -2.25. The number of rotatable bonds is 4. The monoisotopic (exact) mass is 250 g/mol. The molecule has 0 aromatic heterocycles. The molecule has 0 heterocycles. The number of carbonyl (C=O) groups is 1. The van der Waals surface area contributed by atoms with E-state index < -0.39 is 5.82 Å². The van der Waals surface area contributed by atoms with E-state index in [9.17, 15) is 9.18 Å². The molecule has 2 rings (SSSR count). The van der Waals surface area contributed by atoms with Crippen LogP contribution in [0.15, 0.2) is 24.3 Å². The summed E-state index contributed by atoms with van der Waals surface area (Å²) in [4.78, 5) is 11.8. The van der Waals surface area contributed by atoms with Crippen LogP contribution in [-0.4, -0.2) is 18.5 Å². The Morgan fingerprint density at radius 3 is 2.61 bits per heavy atom. The Balaban J connectivity index is 1.84. The van der Waals surface area contributed by atoms with Crippen LogP contribution in [0.3, 0.4) is 0 Å². The summed E-state index contributed by atoms with van der Waals surface area (Å²) >= 11 is 0. The van der Waals surface area contributed by atoms with Gasteiger partial charge in [0.2, 0.25) is 0 Å². The van der Waals surface area contributed by atoms with Gasteiger partial charge in [0.15, 0.2) is 5.78 Å². The van der Waals surface area contributed by atoms with Gasteiger partial charge in [-0.25, -0.2) is 4.39 Å². The average Bonchev–Trinajstić information content (AvgIpc) is 2.38. The first-order chi connectivity index (χ1) is 8.66. The zero-order valence-corrected chi connectivity index (χ0v) is 10.7. The Morgan fingerprint density at radius 2 is 1.94 bits per heavy atom. The molecule has 0 spiro atoms. The third-order valence-corrected chi connectivity index (χ3v) is 3.59. The minimum atomic E-state index is -0.469. The SMILES string of the molecule is CC1CCC(OCC(=O)c2ccccc2F)CC1. The van der Waals surface area contributed by atoms with Crippen molar-refractivity contribution in [1.29, 1.82) is 0 Å². The van der Waals surface area contributed by atoms with Gasteiger partial charge in [0.1, 0.15) is 12.4 Å². The molecule has 0 amide bonds. The summed E-state index contributed by atoms with van der Waals surface area (Å²) in [7, 11) is 0. The van der Waals surface area contributed by atoms with Crippen molar-refractivity contribution in [2.24, 2.45) is 5.92 Å². The summed E-state index contributed by atoms with van der Waals surface area (Å²) in [6.45, 7) is 2.22. The Kier molecular flexibility index (Phi) is 4.48. The Morgan fingerprint density at radius 1 is 1.28 bits per heavy atom. The minimum absolute atomic E-state index is 0.0139. The van der Waals surface area contributed by atoms with Gasteiger partial charge in [0.25, 0.3) is 0 Å². The van der Waals surface area contributed by atoms with E-state index in [1.165, 1.54) is 12.1 Å². The van der Waals surface area contributed by atoms with Crippen molar-refractivity contribution >= 4 is 5.78 Å². The molecule has 0 bridgehead atoms. The molecule has 1 fully saturated rings. The molecule has 3 heteroatoms. The van der Waals surface area contributed by atoms with Crippen molar-refractivity contribution in [1.82, 2.24) is 0 Å². The summed E-state index contributed by atoms with van der Waals surface area (Å²) < 4.78 is 19.0. The molecule has 1 aliphatic rings. The van der Waals surface area contributed by atoms with Crippen LogP contribution >= 0.6 is 0 Å². The van der Waals surface area contributed by atoms with Crippen molar-refractivity contribution < 1.29 is 13.9 Å². The highest BCUT2D eigenvalue weighted by Gasteiger charge is 2.20. The van der Waals surface area contributed by atoms with Crippen molar-refractivity contribution in [2.45, 2.75) is 38.7 Å². The maximum absolute atomic E-state index is 13.4. The van der Waals surface area contributed by atoms with Gasteiger partial charge in [-0.05, 0) is 43.7 Å². The molecule has 0 radical (unpaired) electrons. The number of hydrogen-bond donors (Lipinski definition) is 0. The normalized spacial score (nSPS) is 23.9. The van der Waals surface area contributed by atoms with E-state index in [1.54, 1.807) is 12.1 Å². The molecule has 1 aromatic rings. The van der Waals surface area contributed by atoms with E-state index in [1.807, 2.05) is 0 Å². The fourth-order valence-corrected chi connectivity index (χ4v) is 2.35. The van der Waals surface area contributed by atoms with Crippen LogP contribution in [0.5, 0.6) is 0 Å². The molecule has 0 atom stereocenters. The second-order valence-corrected chi connectivity index (χ2v) is 5.10. The van der Waals surface area contributed by atoms with E-state index >= 15 is 0 Å². The van der Waals surface area contributed by atoms with Gasteiger partial charge in [-0.15, -0.1) is 0 Å². The maximum atomic E-state index is 13.4. The highest BCUT2D eigenvalue weighted by Crippen LogP contribution is 2.25. The van der Waals surface area contributed by atoms with Crippen LogP contribution in [0.1, 0.15) is 43.0 Å². The number of ketones is 1. The number of benzene rings is 1. The lowest BCUT2D eigenvalue weighted by atomic mass is 9.89. The number of Topliss-reactive ketones (excluding diaryl/α,β-unsaturated/α-hetero) is 1. The highest BCUT2D eigenvalue weighted by molar-refractivity contribution is 5.97. The third-order valence-electron chi connectivity index (χ3n) is 3.59. The van der Waals surface area contributed by atoms with Gasteiger partial charge in [0.05, 0.1) is 11.7 Å². The Hall–Kier alpha value is -1.22. The summed E-state index contributed by atoms with van der Waals surface area (Å²) in [5.41, 5.74) is 0.127. The largest absolute Gasteiger partial charge is 0.370 e. The molecular weight excluding hydrogens is 231 g/mol. The van der Waals surface area contributed by atoms with Crippen molar-refractivity contribution in [2.75, 3.05) is 6.61 Å². The first-order valence-corrected chi connectivity index (χ1v) is 6.56. The number of ether oxygens (including phenoxy) is 1. The quantitative estimate of drug-likeness (QED) is 0.763. The summed E-state index contributed by atoms with van der Waals surface area (Å²) in [5, 5.41) is 0. The zero-order chi connectivity index (χ0) is 13.0. The molecule has 0 saturated heterocycles. The molecule has 2 nitrogen and oxygen atoms in total. The van der Waals surface area contributed by atoms with Gasteiger partial charge >= 0.3 is 0 Å². The summed E-state index contributed by atoms with van der Waals surface area (Å²) in [6.07, 6.45) is 4.48. The van der Waals surface area contributed by atoms with Gasteiger partial charge in [0, 0.05) is 0 Å². The molecular formula is C15H19FO2. The van der Waals surface area contributed by atoms with E-state index in [-0.39, 0.29) is 24.1 Å². The van der Waals surface area contributed by atoms with Gasteiger partial charge in [-0.1, -0.05) is 19.1 Å². The number of hydrogen-bond acceptors (Lipinski definition) is 2. The topological polar surface area (TPSA) is 26.3 Å². The minimum Gasteiger partial charge on any atom is -0.370 e. The standard InChI is InChI=1S/C15H19FO2/c1-11-6-8-12(9-7-11)18-10-15(17)13-4-2-3-5-14(13)16/h2-5,11-12H,6-10H2,1H3. The molecule has 98 valence electrons. The predicted octanol–water partition coefficient (Wildman–Crippen LogP) is 3.60. The molecule has 0 N–H and O–H groups in total. The smallest absolute Gasteiger partial charge is 0.191 e. The predicted molar refractivity (Wildman–Crippen MR) is 68.1 cm³/mol. The highest BCUT2D eigenvalue weighted by atomic mass is 19.1. The van der Waals surface area contributed by atoms with Crippen LogP contribution in [0.25, 0.3) is 0 Å². The molecule has 0 unspecified atom stereocenters. The maximum Gasteiger partial charge on any atom is 0.191 e. The van der Waals surface area contributed by atoms with E-state index in [0.717, 1.165) is 31.6 Å². The summed E-state index contributed by atoms with van der Waals surface area (Å²) in [5.74, 6) is 0.0159. The molecule has 18 heavy (non-hydrogen) atoms. The van der Waals surface area contributed by atoms with Crippen molar-refractivity contribution in [3.8, 4) is 0 Å². The molecule has 1 saturated carbocycles. The van der Waals surface area contributed by atoms with E-state index in [4.69, 9.17) is 4.74 Å². The second kappa shape index (κ2) is 6.10. The van der Waals surface area contributed by atoms with E-state index in [2.05, 4.69) is 6.92 Å². The first kappa shape index (κ1) is 13.2. The lowest BCUT2D eigenvalue weighted by molar-refractivity contribution is 0.0215. The Labute approximate surface area is 107 Å². The van der Waals surface area contributed by atoms with Crippen LogP contribution in [0, 0.1) is 11.7 Å². The first-order valence-electron chi connectivity index (χ1n) is 6.56.